The molecule has 0 bridgehead atoms. The van der Waals surface area contributed by atoms with Gasteiger partial charge in [0.05, 0.1) is 4.92 Å². The van der Waals surface area contributed by atoms with Crippen LogP contribution in [0.25, 0.3) is 0 Å². The van der Waals surface area contributed by atoms with Gasteiger partial charge in [-0.3, -0.25) is 10.1 Å². The number of hydrogen-bond acceptors (Lipinski definition) is 4. The van der Waals surface area contributed by atoms with Crippen molar-refractivity contribution in [3.63, 3.8) is 0 Å². The van der Waals surface area contributed by atoms with Crippen molar-refractivity contribution in [2.45, 2.75) is 26.8 Å². The molecule has 0 spiro atoms. The molecule has 108 valence electrons. The number of benzene rings is 1. The van der Waals surface area contributed by atoms with Crippen molar-refractivity contribution in [2.24, 2.45) is 0 Å². The van der Waals surface area contributed by atoms with Gasteiger partial charge in [-0.2, -0.15) is 0 Å². The lowest BCUT2D eigenvalue weighted by molar-refractivity contribution is -0.384. The summed E-state index contributed by atoms with van der Waals surface area (Å²) in [6.45, 7) is 5.27. The van der Waals surface area contributed by atoms with Crippen LogP contribution < -0.4 is 4.90 Å². The van der Waals surface area contributed by atoms with Crippen LogP contribution in [-0.2, 0) is 13.0 Å². The van der Waals surface area contributed by atoms with Gasteiger partial charge in [-0.25, -0.2) is 4.98 Å². The van der Waals surface area contributed by atoms with Crippen LogP contribution in [-0.4, -0.2) is 16.5 Å². The minimum atomic E-state index is -0.331. The summed E-state index contributed by atoms with van der Waals surface area (Å²) in [5.74, 6) is 0.478. The van der Waals surface area contributed by atoms with E-state index in [1.165, 1.54) is 16.7 Å². The summed E-state index contributed by atoms with van der Waals surface area (Å²) in [6, 6.07) is 8.08. The molecular weight excluding hydrogens is 266 g/mol. The molecule has 0 aliphatic carbocycles. The normalized spacial score (nSPS) is 13.9. The maximum atomic E-state index is 11.3. The highest BCUT2D eigenvalue weighted by Crippen LogP contribution is 2.32. The van der Waals surface area contributed by atoms with E-state index in [2.05, 4.69) is 30.1 Å². The molecule has 5 nitrogen and oxygen atoms in total. The van der Waals surface area contributed by atoms with Crippen LogP contribution in [0, 0.1) is 24.0 Å². The number of aryl methyl sites for hydroxylation is 2. The Morgan fingerprint density at radius 3 is 2.81 bits per heavy atom. The Kier molecular flexibility index (Phi) is 3.33. The fourth-order valence-electron chi connectivity index (χ4n) is 2.86. The maximum absolute atomic E-state index is 11.3. The highest BCUT2D eigenvalue weighted by Gasteiger charge is 2.26. The van der Waals surface area contributed by atoms with Gasteiger partial charge >= 0.3 is 5.69 Å². The lowest BCUT2D eigenvalue weighted by Gasteiger charge is -2.29. The van der Waals surface area contributed by atoms with Crippen molar-refractivity contribution < 1.29 is 4.92 Å². The van der Waals surface area contributed by atoms with Crippen molar-refractivity contribution in [1.82, 2.24) is 4.98 Å². The van der Waals surface area contributed by atoms with Crippen molar-refractivity contribution in [2.75, 3.05) is 11.4 Å². The van der Waals surface area contributed by atoms with Gasteiger partial charge in [0, 0.05) is 24.8 Å². The first kappa shape index (κ1) is 13.5. The monoisotopic (exact) mass is 283 g/mol. The number of aromatic nitrogens is 1. The van der Waals surface area contributed by atoms with Gasteiger partial charge in [0.1, 0.15) is 0 Å². The molecule has 0 saturated heterocycles. The minimum absolute atomic E-state index is 0.119. The van der Waals surface area contributed by atoms with Crippen molar-refractivity contribution in [1.29, 1.82) is 0 Å². The number of fused-ring (bicyclic) bond motifs is 1. The summed E-state index contributed by atoms with van der Waals surface area (Å²) >= 11 is 0. The summed E-state index contributed by atoms with van der Waals surface area (Å²) in [6.07, 6.45) is 2.53. The molecular formula is C16H17N3O2. The van der Waals surface area contributed by atoms with Gasteiger partial charge < -0.3 is 4.90 Å². The summed E-state index contributed by atoms with van der Waals surface area (Å²) in [5, 5.41) is 11.3. The highest BCUT2D eigenvalue weighted by molar-refractivity contribution is 5.62. The van der Waals surface area contributed by atoms with Crippen LogP contribution in [0.1, 0.15) is 22.3 Å². The molecule has 1 aliphatic heterocycles. The van der Waals surface area contributed by atoms with Gasteiger partial charge in [0.25, 0.3) is 0 Å². The fourth-order valence-corrected chi connectivity index (χ4v) is 2.86. The Balaban J connectivity index is 1.99. The number of rotatable bonds is 2. The van der Waals surface area contributed by atoms with Crippen LogP contribution in [0.5, 0.6) is 0 Å². The summed E-state index contributed by atoms with van der Waals surface area (Å²) in [5.41, 5.74) is 4.58. The number of nitro groups is 1. The second-order valence-corrected chi connectivity index (χ2v) is 5.50. The van der Waals surface area contributed by atoms with E-state index in [-0.39, 0.29) is 10.6 Å². The molecule has 1 aliphatic rings. The van der Waals surface area contributed by atoms with E-state index in [1.54, 1.807) is 19.2 Å². The molecule has 1 aromatic carbocycles. The maximum Gasteiger partial charge on any atom is 0.314 e. The molecule has 0 saturated carbocycles. The molecule has 5 heteroatoms. The zero-order valence-corrected chi connectivity index (χ0v) is 12.2. The number of pyridine rings is 1. The van der Waals surface area contributed by atoms with Gasteiger partial charge in [-0.05, 0) is 37.5 Å². The average Bonchev–Trinajstić information content (AvgIpc) is 2.46. The molecule has 0 unspecified atom stereocenters. The molecule has 1 aromatic heterocycles. The summed E-state index contributed by atoms with van der Waals surface area (Å²) in [4.78, 5) is 17.2. The van der Waals surface area contributed by atoms with Gasteiger partial charge in [0.2, 0.25) is 5.82 Å². The first-order valence-electron chi connectivity index (χ1n) is 6.99. The summed E-state index contributed by atoms with van der Waals surface area (Å²) in [7, 11) is 0. The van der Waals surface area contributed by atoms with Crippen molar-refractivity contribution in [3.05, 3.63) is 62.8 Å². The van der Waals surface area contributed by atoms with E-state index >= 15 is 0 Å². The zero-order valence-electron chi connectivity index (χ0n) is 12.2. The van der Waals surface area contributed by atoms with E-state index in [1.807, 2.05) is 4.90 Å². The van der Waals surface area contributed by atoms with Crippen molar-refractivity contribution >= 4 is 11.5 Å². The number of hydrogen-bond donors (Lipinski definition) is 0. The van der Waals surface area contributed by atoms with Gasteiger partial charge in [-0.1, -0.05) is 23.8 Å². The second-order valence-electron chi connectivity index (χ2n) is 5.50. The lowest BCUT2D eigenvalue weighted by Crippen LogP contribution is -2.31. The quantitative estimate of drug-likeness (QED) is 0.627. The Labute approximate surface area is 123 Å². The molecule has 0 atom stereocenters. The van der Waals surface area contributed by atoms with E-state index in [9.17, 15) is 10.1 Å². The predicted molar refractivity (Wildman–Crippen MR) is 81.6 cm³/mol. The molecule has 0 radical (unpaired) electrons. The number of nitrogens with zero attached hydrogens (tertiary/aromatic N) is 3. The molecule has 21 heavy (non-hydrogen) atoms. The average molecular weight is 283 g/mol. The number of anilines is 1. The molecule has 2 aromatic rings. The Bertz CT molecular complexity index is 713. The lowest BCUT2D eigenvalue weighted by atomic mass is 9.97. The van der Waals surface area contributed by atoms with Gasteiger partial charge in [0.15, 0.2) is 0 Å². The molecule has 0 amide bonds. The third-order valence-corrected chi connectivity index (χ3v) is 3.96. The molecule has 0 fully saturated rings. The van der Waals surface area contributed by atoms with E-state index in [0.29, 0.717) is 17.9 Å². The molecule has 0 N–H and O–H groups in total. The van der Waals surface area contributed by atoms with Crippen LogP contribution >= 0.6 is 0 Å². The summed E-state index contributed by atoms with van der Waals surface area (Å²) < 4.78 is 0. The van der Waals surface area contributed by atoms with E-state index in [0.717, 1.165) is 13.0 Å². The largest absolute Gasteiger partial charge is 0.346 e. The SMILES string of the molecule is Cc1ccc2c(c1)CCN(c1nccc(C)c1[N+](=O)[O-])C2. The second kappa shape index (κ2) is 5.16. The fraction of sp³-hybridized carbons (Fsp3) is 0.312. The Hall–Kier alpha value is -2.43. The van der Waals surface area contributed by atoms with Crippen LogP contribution in [0.3, 0.4) is 0 Å². The Morgan fingerprint density at radius 2 is 2.05 bits per heavy atom. The molecule has 2 heterocycles. The topological polar surface area (TPSA) is 59.3 Å². The first-order valence-corrected chi connectivity index (χ1v) is 6.99. The Morgan fingerprint density at radius 1 is 1.24 bits per heavy atom. The van der Waals surface area contributed by atoms with E-state index < -0.39 is 0 Å². The highest BCUT2D eigenvalue weighted by atomic mass is 16.6. The minimum Gasteiger partial charge on any atom is -0.346 e. The zero-order chi connectivity index (χ0) is 15.0. The predicted octanol–water partition coefficient (Wildman–Crippen LogP) is 3.17. The van der Waals surface area contributed by atoms with E-state index in [4.69, 9.17) is 0 Å². The van der Waals surface area contributed by atoms with Crippen molar-refractivity contribution in [3.8, 4) is 0 Å². The standard InChI is InChI=1S/C16H17N3O2/c1-11-3-4-14-10-18(8-6-13(14)9-11)16-15(19(20)21)12(2)5-7-17-16/h3-5,7,9H,6,8,10H2,1-2H3. The van der Waals surface area contributed by atoms with Gasteiger partial charge in [-0.15, -0.1) is 0 Å². The van der Waals surface area contributed by atoms with Crippen LogP contribution in [0.15, 0.2) is 30.5 Å². The third-order valence-electron chi connectivity index (χ3n) is 3.96. The smallest absolute Gasteiger partial charge is 0.314 e. The third kappa shape index (κ3) is 2.46. The van der Waals surface area contributed by atoms with Crippen LogP contribution in [0.2, 0.25) is 0 Å². The molecule has 3 rings (SSSR count). The first-order chi connectivity index (χ1) is 10.1. The van der Waals surface area contributed by atoms with Crippen LogP contribution in [0.4, 0.5) is 11.5 Å².